The highest BCUT2D eigenvalue weighted by atomic mass is 79.9. The molecule has 2 heterocycles. The SMILES string of the molecule is CCCn1cc(N)c(-c2ccc(Br)s2)n1. The average molecular weight is 286 g/mol. The minimum absolute atomic E-state index is 0.748. The van der Waals surface area contributed by atoms with E-state index in [1.54, 1.807) is 11.3 Å². The molecule has 0 fully saturated rings. The second-order valence-corrected chi connectivity index (χ2v) is 5.76. The largest absolute Gasteiger partial charge is 0.396 e. The van der Waals surface area contributed by atoms with Gasteiger partial charge in [-0.15, -0.1) is 11.3 Å². The molecule has 2 N–H and O–H groups in total. The van der Waals surface area contributed by atoms with Crippen molar-refractivity contribution in [1.82, 2.24) is 9.78 Å². The third-order valence-corrected chi connectivity index (χ3v) is 3.68. The van der Waals surface area contributed by atoms with Gasteiger partial charge >= 0.3 is 0 Å². The maximum absolute atomic E-state index is 5.92. The Labute approximate surface area is 101 Å². The van der Waals surface area contributed by atoms with Gasteiger partial charge in [-0.3, -0.25) is 4.68 Å². The second kappa shape index (κ2) is 4.37. The molecule has 0 unspecified atom stereocenters. The molecule has 3 nitrogen and oxygen atoms in total. The van der Waals surface area contributed by atoms with E-state index in [0.717, 1.165) is 33.0 Å². The Morgan fingerprint density at radius 2 is 2.33 bits per heavy atom. The number of hydrogen-bond donors (Lipinski definition) is 1. The Bertz CT molecular complexity index is 461. The van der Waals surface area contributed by atoms with Crippen LogP contribution in [0.15, 0.2) is 22.1 Å². The minimum Gasteiger partial charge on any atom is -0.396 e. The van der Waals surface area contributed by atoms with Gasteiger partial charge in [0.1, 0.15) is 5.69 Å². The first-order valence-corrected chi connectivity index (χ1v) is 6.40. The van der Waals surface area contributed by atoms with Gasteiger partial charge in [-0.25, -0.2) is 0 Å². The molecule has 0 aliphatic heterocycles. The van der Waals surface area contributed by atoms with Crippen LogP contribution in [0, 0.1) is 0 Å². The first-order valence-electron chi connectivity index (χ1n) is 4.79. The molecule has 0 spiro atoms. The number of rotatable bonds is 3. The highest BCUT2D eigenvalue weighted by Crippen LogP contribution is 2.33. The summed E-state index contributed by atoms with van der Waals surface area (Å²) in [5.74, 6) is 0. The van der Waals surface area contributed by atoms with Crippen LogP contribution in [0.1, 0.15) is 13.3 Å². The van der Waals surface area contributed by atoms with Gasteiger partial charge < -0.3 is 5.73 Å². The Balaban J connectivity index is 2.35. The lowest BCUT2D eigenvalue weighted by Gasteiger charge is -1.94. The second-order valence-electron chi connectivity index (χ2n) is 3.30. The fourth-order valence-electron chi connectivity index (χ4n) is 1.41. The topological polar surface area (TPSA) is 43.8 Å². The van der Waals surface area contributed by atoms with E-state index in [-0.39, 0.29) is 0 Å². The molecule has 0 saturated carbocycles. The lowest BCUT2D eigenvalue weighted by atomic mass is 10.3. The molecule has 2 aromatic rings. The zero-order chi connectivity index (χ0) is 10.8. The van der Waals surface area contributed by atoms with Crippen molar-refractivity contribution in [3.8, 4) is 10.6 Å². The van der Waals surface area contributed by atoms with Crippen LogP contribution in [0.3, 0.4) is 0 Å². The number of halogens is 1. The molecule has 15 heavy (non-hydrogen) atoms. The van der Waals surface area contributed by atoms with Gasteiger partial charge in [-0.1, -0.05) is 6.92 Å². The Morgan fingerprint density at radius 3 is 2.93 bits per heavy atom. The van der Waals surface area contributed by atoms with Gasteiger partial charge in [-0.05, 0) is 34.5 Å². The van der Waals surface area contributed by atoms with E-state index in [4.69, 9.17) is 5.73 Å². The van der Waals surface area contributed by atoms with E-state index in [1.165, 1.54) is 0 Å². The predicted molar refractivity (Wildman–Crippen MR) is 67.9 cm³/mol. The van der Waals surface area contributed by atoms with Crippen LogP contribution in [-0.4, -0.2) is 9.78 Å². The van der Waals surface area contributed by atoms with Gasteiger partial charge in [0.15, 0.2) is 0 Å². The molecular formula is C10H12BrN3S. The Hall–Kier alpha value is -0.810. The van der Waals surface area contributed by atoms with Crippen molar-refractivity contribution in [2.45, 2.75) is 19.9 Å². The number of aromatic nitrogens is 2. The summed E-state index contributed by atoms with van der Waals surface area (Å²) in [6, 6.07) is 4.04. The zero-order valence-electron chi connectivity index (χ0n) is 8.40. The molecule has 2 rings (SSSR count). The van der Waals surface area contributed by atoms with Gasteiger partial charge in [-0.2, -0.15) is 5.10 Å². The van der Waals surface area contributed by atoms with Crippen molar-refractivity contribution in [1.29, 1.82) is 0 Å². The van der Waals surface area contributed by atoms with Gasteiger partial charge in [0.25, 0.3) is 0 Å². The predicted octanol–water partition coefficient (Wildman–Crippen LogP) is 3.37. The van der Waals surface area contributed by atoms with Gasteiger partial charge in [0.05, 0.1) is 14.4 Å². The van der Waals surface area contributed by atoms with E-state index in [0.29, 0.717) is 0 Å². The van der Waals surface area contributed by atoms with Crippen molar-refractivity contribution >= 4 is 33.0 Å². The summed E-state index contributed by atoms with van der Waals surface area (Å²) >= 11 is 5.08. The number of nitrogens with zero attached hydrogens (tertiary/aromatic N) is 2. The van der Waals surface area contributed by atoms with Crippen molar-refractivity contribution in [2.75, 3.05) is 5.73 Å². The third kappa shape index (κ3) is 2.23. The standard InChI is InChI=1S/C10H12BrN3S/c1-2-5-14-6-7(12)10(13-14)8-3-4-9(11)15-8/h3-4,6H,2,5,12H2,1H3. The molecule has 80 valence electrons. The lowest BCUT2D eigenvalue weighted by Crippen LogP contribution is -1.96. The van der Waals surface area contributed by atoms with Crippen LogP contribution in [0.2, 0.25) is 0 Å². The summed E-state index contributed by atoms with van der Waals surface area (Å²) in [5, 5.41) is 4.46. The number of nitrogens with two attached hydrogens (primary N) is 1. The zero-order valence-corrected chi connectivity index (χ0v) is 10.8. The third-order valence-electron chi connectivity index (χ3n) is 2.05. The molecule has 0 aromatic carbocycles. The summed E-state index contributed by atoms with van der Waals surface area (Å²) < 4.78 is 3.00. The highest BCUT2D eigenvalue weighted by Gasteiger charge is 2.10. The van der Waals surface area contributed by atoms with Crippen LogP contribution in [-0.2, 0) is 6.54 Å². The fraction of sp³-hybridized carbons (Fsp3) is 0.300. The quantitative estimate of drug-likeness (QED) is 0.940. The highest BCUT2D eigenvalue weighted by molar-refractivity contribution is 9.11. The molecule has 0 radical (unpaired) electrons. The Kier molecular flexibility index (Phi) is 3.11. The van der Waals surface area contributed by atoms with Crippen LogP contribution in [0.4, 0.5) is 5.69 Å². The van der Waals surface area contributed by atoms with E-state index in [1.807, 2.05) is 23.0 Å². The summed E-state index contributed by atoms with van der Waals surface area (Å²) in [7, 11) is 0. The number of nitrogen functional groups attached to an aromatic ring is 1. The van der Waals surface area contributed by atoms with Crippen LogP contribution in [0.5, 0.6) is 0 Å². The normalized spacial score (nSPS) is 10.8. The lowest BCUT2D eigenvalue weighted by molar-refractivity contribution is 0.605. The molecule has 0 bridgehead atoms. The number of hydrogen-bond acceptors (Lipinski definition) is 3. The molecule has 0 aliphatic carbocycles. The van der Waals surface area contributed by atoms with Crippen LogP contribution < -0.4 is 5.73 Å². The van der Waals surface area contributed by atoms with E-state index < -0.39 is 0 Å². The van der Waals surface area contributed by atoms with Crippen LogP contribution >= 0.6 is 27.3 Å². The molecule has 0 atom stereocenters. The first kappa shape index (κ1) is 10.7. The van der Waals surface area contributed by atoms with E-state index in [9.17, 15) is 0 Å². The van der Waals surface area contributed by atoms with Crippen molar-refractivity contribution < 1.29 is 0 Å². The first-order chi connectivity index (χ1) is 7.20. The van der Waals surface area contributed by atoms with E-state index >= 15 is 0 Å². The monoisotopic (exact) mass is 285 g/mol. The summed E-state index contributed by atoms with van der Waals surface area (Å²) in [4.78, 5) is 1.11. The van der Waals surface area contributed by atoms with Crippen molar-refractivity contribution in [2.24, 2.45) is 0 Å². The number of aryl methyl sites for hydroxylation is 1. The van der Waals surface area contributed by atoms with Crippen molar-refractivity contribution in [3.63, 3.8) is 0 Å². The van der Waals surface area contributed by atoms with Crippen LogP contribution in [0.25, 0.3) is 10.6 Å². The number of thiophene rings is 1. The Morgan fingerprint density at radius 1 is 1.53 bits per heavy atom. The van der Waals surface area contributed by atoms with Gasteiger partial charge in [0.2, 0.25) is 0 Å². The van der Waals surface area contributed by atoms with Gasteiger partial charge in [0, 0.05) is 12.7 Å². The fourth-order valence-corrected chi connectivity index (χ4v) is 2.81. The average Bonchev–Trinajstić information content (AvgIpc) is 2.73. The minimum atomic E-state index is 0.748. The summed E-state index contributed by atoms with van der Waals surface area (Å²) in [6.07, 6.45) is 2.96. The molecule has 2 aromatic heterocycles. The van der Waals surface area contributed by atoms with E-state index in [2.05, 4.69) is 28.0 Å². The molecule has 0 saturated heterocycles. The summed E-state index contributed by atoms with van der Waals surface area (Å²) in [5.41, 5.74) is 7.56. The molecule has 0 aliphatic rings. The molecular weight excluding hydrogens is 274 g/mol. The molecule has 5 heteroatoms. The van der Waals surface area contributed by atoms with Crippen molar-refractivity contribution in [3.05, 3.63) is 22.1 Å². The maximum Gasteiger partial charge on any atom is 0.125 e. The molecule has 0 amide bonds. The maximum atomic E-state index is 5.92. The number of anilines is 1. The smallest absolute Gasteiger partial charge is 0.125 e. The summed E-state index contributed by atoms with van der Waals surface area (Å²) in [6.45, 7) is 3.04.